The molecule has 1 atom stereocenters. The van der Waals surface area contributed by atoms with Gasteiger partial charge in [-0.1, -0.05) is 18.2 Å². The summed E-state index contributed by atoms with van der Waals surface area (Å²) in [5.74, 6) is -0.135. The van der Waals surface area contributed by atoms with E-state index in [1.54, 1.807) is 24.3 Å². The molecule has 0 N–H and O–H groups in total. The number of hydrogen-bond donors (Lipinski definition) is 0. The van der Waals surface area contributed by atoms with Crippen LogP contribution in [0.25, 0.3) is 0 Å². The predicted octanol–water partition coefficient (Wildman–Crippen LogP) is 1.11. The molecule has 1 aromatic rings. The fourth-order valence-electron chi connectivity index (χ4n) is 2.08. The van der Waals surface area contributed by atoms with Crippen LogP contribution in [0.15, 0.2) is 24.3 Å². The van der Waals surface area contributed by atoms with Crippen LogP contribution in [0.1, 0.15) is 18.1 Å². The third-order valence-electron chi connectivity index (χ3n) is 3.07. The minimum absolute atomic E-state index is 0.0882. The maximum Gasteiger partial charge on any atom is 0.218 e. The van der Waals surface area contributed by atoms with Crippen molar-refractivity contribution in [3.63, 3.8) is 0 Å². The molecule has 1 unspecified atom stereocenters. The highest BCUT2D eigenvalue weighted by Crippen LogP contribution is 2.17. The van der Waals surface area contributed by atoms with E-state index in [1.807, 2.05) is 13.0 Å². The fraction of sp³-hybridized carbons (Fsp3) is 0.462. The Kier molecular flexibility index (Phi) is 4.20. The molecule has 1 fully saturated rings. The van der Waals surface area contributed by atoms with Gasteiger partial charge in [0.1, 0.15) is 0 Å². The van der Waals surface area contributed by atoms with Crippen LogP contribution in [0, 0.1) is 11.3 Å². The summed E-state index contributed by atoms with van der Waals surface area (Å²) >= 11 is 0. The smallest absolute Gasteiger partial charge is 0.218 e. The van der Waals surface area contributed by atoms with Gasteiger partial charge in [-0.15, -0.1) is 0 Å². The van der Waals surface area contributed by atoms with Crippen molar-refractivity contribution >= 4 is 10.0 Å². The molecule has 2 rings (SSSR count). The average molecular weight is 280 g/mol. The van der Waals surface area contributed by atoms with Crippen LogP contribution in [0.2, 0.25) is 0 Å². The highest BCUT2D eigenvalue weighted by atomic mass is 32.2. The Morgan fingerprint density at radius 2 is 2.21 bits per heavy atom. The first-order chi connectivity index (χ1) is 9.03. The second-order valence-electron chi connectivity index (χ2n) is 4.56. The minimum Gasteiger partial charge on any atom is -0.376 e. The van der Waals surface area contributed by atoms with Gasteiger partial charge in [0.25, 0.3) is 0 Å². The molecular weight excluding hydrogens is 264 g/mol. The SMILES string of the molecule is CC1CN(S(=O)(=O)Cc2ccccc2C#N)CCO1. The second-order valence-corrected chi connectivity index (χ2v) is 6.53. The van der Waals surface area contributed by atoms with E-state index in [1.165, 1.54) is 4.31 Å². The summed E-state index contributed by atoms with van der Waals surface area (Å²) in [6, 6.07) is 8.81. The lowest BCUT2D eigenvalue weighted by Gasteiger charge is -2.30. The zero-order valence-corrected chi connectivity index (χ0v) is 11.6. The molecule has 1 aromatic carbocycles. The molecule has 0 amide bonds. The van der Waals surface area contributed by atoms with Gasteiger partial charge in [0.15, 0.2) is 0 Å². The zero-order chi connectivity index (χ0) is 13.9. The molecule has 0 aliphatic carbocycles. The fourth-order valence-corrected chi connectivity index (χ4v) is 3.70. The summed E-state index contributed by atoms with van der Waals surface area (Å²) in [6.07, 6.45) is -0.0882. The molecule has 0 spiro atoms. The number of ether oxygens (including phenoxy) is 1. The molecule has 0 aromatic heterocycles. The lowest BCUT2D eigenvalue weighted by atomic mass is 10.1. The number of nitrogens with zero attached hydrogens (tertiary/aromatic N) is 2. The van der Waals surface area contributed by atoms with E-state index in [9.17, 15) is 8.42 Å². The van der Waals surface area contributed by atoms with Crippen molar-refractivity contribution in [2.24, 2.45) is 0 Å². The summed E-state index contributed by atoms with van der Waals surface area (Å²) in [5, 5.41) is 8.99. The highest BCUT2D eigenvalue weighted by Gasteiger charge is 2.28. The van der Waals surface area contributed by atoms with Crippen molar-refractivity contribution < 1.29 is 13.2 Å². The highest BCUT2D eigenvalue weighted by molar-refractivity contribution is 7.88. The van der Waals surface area contributed by atoms with Crippen LogP contribution in [-0.4, -0.2) is 38.5 Å². The van der Waals surface area contributed by atoms with E-state index in [-0.39, 0.29) is 11.9 Å². The number of benzene rings is 1. The van der Waals surface area contributed by atoms with Crippen molar-refractivity contribution in [3.8, 4) is 6.07 Å². The van der Waals surface area contributed by atoms with Gasteiger partial charge < -0.3 is 4.74 Å². The molecule has 1 saturated heterocycles. The summed E-state index contributed by atoms with van der Waals surface area (Å²) in [5.41, 5.74) is 0.955. The lowest BCUT2D eigenvalue weighted by Crippen LogP contribution is -2.44. The Balaban J connectivity index is 2.19. The molecule has 19 heavy (non-hydrogen) atoms. The maximum atomic E-state index is 12.3. The van der Waals surface area contributed by atoms with Gasteiger partial charge >= 0.3 is 0 Å². The number of morpholine rings is 1. The topological polar surface area (TPSA) is 70.4 Å². The Labute approximate surface area is 113 Å². The van der Waals surface area contributed by atoms with Gasteiger partial charge in [0.05, 0.1) is 30.1 Å². The quantitative estimate of drug-likeness (QED) is 0.831. The monoisotopic (exact) mass is 280 g/mol. The van der Waals surface area contributed by atoms with Crippen LogP contribution in [0.4, 0.5) is 0 Å². The third kappa shape index (κ3) is 3.32. The number of rotatable bonds is 3. The van der Waals surface area contributed by atoms with Crippen molar-refractivity contribution in [1.82, 2.24) is 4.31 Å². The van der Waals surface area contributed by atoms with Gasteiger partial charge in [0, 0.05) is 13.1 Å². The number of hydrogen-bond acceptors (Lipinski definition) is 4. The normalized spacial score (nSPS) is 20.9. The van der Waals surface area contributed by atoms with Gasteiger partial charge in [0.2, 0.25) is 10.0 Å². The third-order valence-corrected chi connectivity index (χ3v) is 4.87. The van der Waals surface area contributed by atoms with Crippen LogP contribution in [0.3, 0.4) is 0 Å². The van der Waals surface area contributed by atoms with E-state index in [4.69, 9.17) is 10.00 Å². The van der Waals surface area contributed by atoms with E-state index >= 15 is 0 Å². The average Bonchev–Trinajstić information content (AvgIpc) is 2.39. The van der Waals surface area contributed by atoms with Gasteiger partial charge in [-0.25, -0.2) is 8.42 Å². The van der Waals surface area contributed by atoms with E-state index in [0.717, 1.165) is 0 Å². The van der Waals surface area contributed by atoms with E-state index in [2.05, 4.69) is 0 Å². The largest absolute Gasteiger partial charge is 0.376 e. The molecule has 1 aliphatic heterocycles. The van der Waals surface area contributed by atoms with Gasteiger partial charge in [-0.3, -0.25) is 0 Å². The van der Waals surface area contributed by atoms with E-state index < -0.39 is 10.0 Å². The first-order valence-electron chi connectivity index (χ1n) is 6.10. The molecule has 0 radical (unpaired) electrons. The standard InChI is InChI=1S/C13H16N2O3S/c1-11-9-15(6-7-18-11)19(16,17)10-13-5-3-2-4-12(13)8-14/h2-5,11H,6-7,9-10H2,1H3. The molecule has 1 aliphatic rings. The second kappa shape index (κ2) is 5.70. The first kappa shape index (κ1) is 14.0. The lowest BCUT2D eigenvalue weighted by molar-refractivity contribution is 0.0101. The van der Waals surface area contributed by atoms with Crippen LogP contribution >= 0.6 is 0 Å². The van der Waals surface area contributed by atoms with E-state index in [0.29, 0.717) is 30.8 Å². The summed E-state index contributed by atoms with van der Waals surface area (Å²) < 4.78 is 31.4. The van der Waals surface area contributed by atoms with Crippen molar-refractivity contribution in [1.29, 1.82) is 5.26 Å². The van der Waals surface area contributed by atoms with Crippen LogP contribution in [-0.2, 0) is 20.5 Å². The van der Waals surface area contributed by atoms with Gasteiger partial charge in [-0.2, -0.15) is 9.57 Å². The first-order valence-corrected chi connectivity index (χ1v) is 7.71. The number of sulfonamides is 1. The summed E-state index contributed by atoms with van der Waals surface area (Å²) in [4.78, 5) is 0. The Bertz CT molecular complexity index is 592. The number of nitriles is 1. The molecule has 6 heteroatoms. The molecule has 5 nitrogen and oxygen atoms in total. The Morgan fingerprint density at radius 1 is 1.47 bits per heavy atom. The Morgan fingerprint density at radius 3 is 2.89 bits per heavy atom. The maximum absolute atomic E-state index is 12.3. The van der Waals surface area contributed by atoms with Gasteiger partial charge in [-0.05, 0) is 18.6 Å². The minimum atomic E-state index is -3.40. The van der Waals surface area contributed by atoms with Crippen LogP contribution < -0.4 is 0 Å². The summed E-state index contributed by atoms with van der Waals surface area (Å²) in [7, 11) is -3.40. The van der Waals surface area contributed by atoms with Crippen molar-refractivity contribution in [2.45, 2.75) is 18.8 Å². The predicted molar refractivity (Wildman–Crippen MR) is 70.8 cm³/mol. The molecule has 102 valence electrons. The van der Waals surface area contributed by atoms with Crippen LogP contribution in [0.5, 0.6) is 0 Å². The molecular formula is C13H16N2O3S. The summed E-state index contributed by atoms with van der Waals surface area (Å²) in [6.45, 7) is 3.02. The molecule has 0 bridgehead atoms. The molecule has 1 heterocycles. The zero-order valence-electron chi connectivity index (χ0n) is 10.7. The van der Waals surface area contributed by atoms with Crippen molar-refractivity contribution in [2.75, 3.05) is 19.7 Å². The van der Waals surface area contributed by atoms with Crippen molar-refractivity contribution in [3.05, 3.63) is 35.4 Å². The molecule has 0 saturated carbocycles. The Hall–Kier alpha value is -1.42.